The lowest BCUT2D eigenvalue weighted by Crippen LogP contribution is -2.19. The van der Waals surface area contributed by atoms with Gasteiger partial charge in [-0.2, -0.15) is 0 Å². The quantitative estimate of drug-likeness (QED) is 0.487. The first kappa shape index (κ1) is 20.5. The number of amides is 2. The van der Waals surface area contributed by atoms with E-state index >= 15 is 0 Å². The lowest BCUT2D eigenvalue weighted by Gasteiger charge is -2.11. The highest BCUT2D eigenvalue weighted by Gasteiger charge is 2.14. The van der Waals surface area contributed by atoms with Crippen molar-refractivity contribution in [3.8, 4) is 0 Å². The van der Waals surface area contributed by atoms with Crippen LogP contribution in [0.2, 0.25) is 0 Å². The summed E-state index contributed by atoms with van der Waals surface area (Å²) in [6, 6.07) is 12.1. The van der Waals surface area contributed by atoms with Crippen molar-refractivity contribution in [1.82, 2.24) is 15.2 Å². The van der Waals surface area contributed by atoms with Crippen LogP contribution in [0.25, 0.3) is 0 Å². The number of thioether (sulfide) groups is 1. The summed E-state index contributed by atoms with van der Waals surface area (Å²) in [5, 5.41) is 12.8. The van der Waals surface area contributed by atoms with Gasteiger partial charge in [0.1, 0.15) is 11.6 Å². The number of H-pyrrole nitrogens is 1. The van der Waals surface area contributed by atoms with Gasteiger partial charge in [-0.05, 0) is 42.8 Å². The minimum atomic E-state index is -0.404. The van der Waals surface area contributed by atoms with Gasteiger partial charge in [-0.3, -0.25) is 14.7 Å². The highest BCUT2D eigenvalue weighted by Crippen LogP contribution is 2.19. The maximum absolute atomic E-state index is 13.0. The molecule has 0 radical (unpaired) electrons. The van der Waals surface area contributed by atoms with Crippen LogP contribution in [0.3, 0.4) is 0 Å². The van der Waals surface area contributed by atoms with Gasteiger partial charge in [-0.15, -0.1) is 5.10 Å². The molecule has 2 aromatic carbocycles. The number of benzene rings is 2. The third-order valence-corrected chi connectivity index (χ3v) is 4.73. The first-order chi connectivity index (χ1) is 14.0. The van der Waals surface area contributed by atoms with Crippen molar-refractivity contribution in [1.29, 1.82) is 0 Å². The number of nitrogens with one attached hydrogen (secondary N) is 3. The predicted octanol–water partition coefficient (Wildman–Crippen LogP) is 3.88. The van der Waals surface area contributed by atoms with Crippen molar-refractivity contribution in [3.05, 3.63) is 65.7 Å². The number of aryl methyl sites for hydroxylation is 1. The SMILES string of the molecule is CCCc1nc(SCC(=O)Nc2ccccc2C(=O)Nc2ccc(F)cc2)n[nH]1. The van der Waals surface area contributed by atoms with E-state index in [1.54, 1.807) is 24.3 Å². The van der Waals surface area contributed by atoms with Crippen molar-refractivity contribution in [2.75, 3.05) is 16.4 Å². The number of carbonyl (C=O) groups excluding carboxylic acids is 2. The molecular weight excluding hydrogens is 393 g/mol. The second-order valence-corrected chi connectivity index (χ2v) is 7.10. The Kier molecular flexibility index (Phi) is 6.96. The van der Waals surface area contributed by atoms with E-state index in [9.17, 15) is 14.0 Å². The zero-order valence-electron chi connectivity index (χ0n) is 15.7. The van der Waals surface area contributed by atoms with Crippen LogP contribution in [0, 0.1) is 5.82 Å². The smallest absolute Gasteiger partial charge is 0.257 e. The minimum Gasteiger partial charge on any atom is -0.325 e. The van der Waals surface area contributed by atoms with Gasteiger partial charge in [0, 0.05) is 12.1 Å². The van der Waals surface area contributed by atoms with Gasteiger partial charge >= 0.3 is 0 Å². The topological polar surface area (TPSA) is 99.8 Å². The molecule has 0 saturated carbocycles. The molecule has 0 aliphatic rings. The monoisotopic (exact) mass is 413 g/mol. The Hall–Kier alpha value is -3.20. The highest BCUT2D eigenvalue weighted by atomic mass is 32.2. The molecule has 0 aliphatic heterocycles. The molecule has 2 amide bonds. The number of para-hydroxylation sites is 1. The molecule has 0 unspecified atom stereocenters. The maximum Gasteiger partial charge on any atom is 0.257 e. The van der Waals surface area contributed by atoms with Gasteiger partial charge in [-0.25, -0.2) is 9.37 Å². The average Bonchev–Trinajstić information content (AvgIpc) is 3.16. The number of rotatable bonds is 8. The molecule has 3 aromatic rings. The highest BCUT2D eigenvalue weighted by molar-refractivity contribution is 7.99. The summed E-state index contributed by atoms with van der Waals surface area (Å²) < 4.78 is 13.0. The Labute approximate surface area is 171 Å². The second kappa shape index (κ2) is 9.83. The number of halogens is 1. The number of aromatic nitrogens is 3. The molecule has 3 rings (SSSR count). The van der Waals surface area contributed by atoms with Crippen LogP contribution in [0.4, 0.5) is 15.8 Å². The number of hydrogen-bond acceptors (Lipinski definition) is 5. The zero-order chi connectivity index (χ0) is 20.6. The van der Waals surface area contributed by atoms with Crippen LogP contribution in [0.15, 0.2) is 53.7 Å². The van der Waals surface area contributed by atoms with Crippen LogP contribution in [0.5, 0.6) is 0 Å². The first-order valence-corrected chi connectivity index (χ1v) is 10.0. The molecular formula is C20H20FN5O2S. The Morgan fingerprint density at radius 1 is 1.10 bits per heavy atom. The van der Waals surface area contributed by atoms with Gasteiger partial charge in [0.05, 0.1) is 17.0 Å². The second-order valence-electron chi connectivity index (χ2n) is 6.16. The van der Waals surface area contributed by atoms with Crippen LogP contribution in [0.1, 0.15) is 29.5 Å². The summed E-state index contributed by atoms with van der Waals surface area (Å²) in [4.78, 5) is 29.2. The number of hydrogen-bond donors (Lipinski definition) is 3. The molecule has 1 heterocycles. The number of anilines is 2. The lowest BCUT2D eigenvalue weighted by atomic mass is 10.1. The van der Waals surface area contributed by atoms with Crippen LogP contribution < -0.4 is 10.6 Å². The van der Waals surface area contributed by atoms with Gasteiger partial charge in [-0.1, -0.05) is 30.8 Å². The summed E-state index contributed by atoms with van der Waals surface area (Å²) in [5.74, 6) is -0.172. The molecule has 0 spiro atoms. The van der Waals surface area contributed by atoms with Gasteiger partial charge in [0.25, 0.3) is 5.91 Å². The molecule has 150 valence electrons. The third-order valence-electron chi connectivity index (χ3n) is 3.88. The van der Waals surface area contributed by atoms with Crippen LogP contribution in [-0.2, 0) is 11.2 Å². The van der Waals surface area contributed by atoms with Crippen LogP contribution in [-0.4, -0.2) is 32.7 Å². The number of carbonyl (C=O) groups is 2. The molecule has 0 aliphatic carbocycles. The summed E-state index contributed by atoms with van der Waals surface area (Å²) in [6.07, 6.45) is 1.76. The lowest BCUT2D eigenvalue weighted by molar-refractivity contribution is -0.113. The van der Waals surface area contributed by atoms with Crippen molar-refractivity contribution in [2.24, 2.45) is 0 Å². The normalized spacial score (nSPS) is 10.6. The average molecular weight is 413 g/mol. The van der Waals surface area contributed by atoms with Crippen molar-refractivity contribution in [3.63, 3.8) is 0 Å². The van der Waals surface area contributed by atoms with Crippen molar-refractivity contribution in [2.45, 2.75) is 24.9 Å². The van der Waals surface area contributed by atoms with E-state index in [1.807, 2.05) is 6.92 Å². The fourth-order valence-corrected chi connectivity index (χ4v) is 3.15. The molecule has 29 heavy (non-hydrogen) atoms. The van der Waals surface area contributed by atoms with Crippen molar-refractivity contribution < 1.29 is 14.0 Å². The molecule has 0 saturated heterocycles. The summed E-state index contributed by atoms with van der Waals surface area (Å²) in [5.41, 5.74) is 1.15. The Morgan fingerprint density at radius 3 is 2.62 bits per heavy atom. The summed E-state index contributed by atoms with van der Waals surface area (Å²) in [7, 11) is 0. The largest absolute Gasteiger partial charge is 0.325 e. The Bertz CT molecular complexity index is 991. The minimum absolute atomic E-state index is 0.108. The first-order valence-electron chi connectivity index (χ1n) is 9.05. The van der Waals surface area contributed by atoms with Crippen LogP contribution >= 0.6 is 11.8 Å². The molecule has 9 heteroatoms. The van der Waals surface area contributed by atoms with E-state index in [2.05, 4.69) is 25.8 Å². The van der Waals surface area contributed by atoms with E-state index in [1.165, 1.54) is 36.0 Å². The Morgan fingerprint density at radius 2 is 1.86 bits per heavy atom. The summed E-state index contributed by atoms with van der Waals surface area (Å²) >= 11 is 1.21. The fourth-order valence-electron chi connectivity index (χ4n) is 2.53. The molecule has 1 aromatic heterocycles. The molecule has 0 bridgehead atoms. The van der Waals surface area contributed by atoms with E-state index in [4.69, 9.17) is 0 Å². The summed E-state index contributed by atoms with van der Waals surface area (Å²) in [6.45, 7) is 2.05. The number of nitrogens with zero attached hydrogens (tertiary/aromatic N) is 2. The van der Waals surface area contributed by atoms with Gasteiger partial charge in [0.2, 0.25) is 11.1 Å². The molecule has 0 atom stereocenters. The van der Waals surface area contributed by atoms with Crippen molar-refractivity contribution >= 4 is 35.0 Å². The molecule has 3 N–H and O–H groups in total. The van der Waals surface area contributed by atoms with Gasteiger partial charge in [0.15, 0.2) is 0 Å². The zero-order valence-corrected chi connectivity index (χ0v) is 16.6. The number of aromatic amines is 1. The van der Waals surface area contributed by atoms with E-state index in [0.29, 0.717) is 22.1 Å². The van der Waals surface area contributed by atoms with E-state index < -0.39 is 5.91 Å². The fraction of sp³-hybridized carbons (Fsp3) is 0.200. The standard InChI is InChI=1S/C20H20FN5O2S/c1-2-5-17-24-20(26-25-17)29-12-18(27)23-16-7-4-3-6-15(16)19(28)22-14-10-8-13(21)9-11-14/h3-4,6-11H,2,5,12H2,1H3,(H,22,28)(H,23,27)(H,24,25,26). The predicted molar refractivity (Wildman–Crippen MR) is 111 cm³/mol. The van der Waals surface area contributed by atoms with E-state index in [-0.39, 0.29) is 17.5 Å². The van der Waals surface area contributed by atoms with E-state index in [0.717, 1.165) is 18.7 Å². The third kappa shape index (κ3) is 5.89. The molecule has 7 nitrogen and oxygen atoms in total. The Balaban J connectivity index is 1.60. The maximum atomic E-state index is 13.0. The van der Waals surface area contributed by atoms with Gasteiger partial charge < -0.3 is 10.6 Å². The molecule has 0 fully saturated rings.